The van der Waals surface area contributed by atoms with Crippen LogP contribution in [0.3, 0.4) is 0 Å². The van der Waals surface area contributed by atoms with E-state index in [2.05, 4.69) is 32.8 Å². The molecule has 0 saturated heterocycles. The van der Waals surface area contributed by atoms with E-state index in [9.17, 15) is 0 Å². The van der Waals surface area contributed by atoms with E-state index < -0.39 is 0 Å². The lowest BCUT2D eigenvalue weighted by atomic mass is 9.97. The van der Waals surface area contributed by atoms with Crippen LogP contribution in [-0.2, 0) is 4.43 Å². The van der Waals surface area contributed by atoms with Gasteiger partial charge < -0.3 is 9.33 Å². The minimum atomic E-state index is 0.135. The van der Waals surface area contributed by atoms with Crippen molar-refractivity contribution in [2.24, 2.45) is 0 Å². The molecular weight excluding hydrogens is 154 g/mol. The van der Waals surface area contributed by atoms with Gasteiger partial charge in [-0.05, 0) is 26.9 Å². The van der Waals surface area contributed by atoms with E-state index in [1.165, 1.54) is 0 Å². The van der Waals surface area contributed by atoms with E-state index in [0.717, 1.165) is 29.9 Å². The molecule has 0 radical (unpaired) electrons. The largest absolute Gasteiger partial charge is 0.421 e. The maximum Gasteiger partial charge on any atom is 0.146 e. The van der Waals surface area contributed by atoms with Crippen molar-refractivity contribution in [3.05, 3.63) is 0 Å². The van der Waals surface area contributed by atoms with Gasteiger partial charge in [0.25, 0.3) is 0 Å². The Morgan fingerprint density at radius 1 is 1.27 bits per heavy atom. The summed E-state index contributed by atoms with van der Waals surface area (Å²) in [5, 5.41) is 0. The number of hydrogen-bond acceptors (Lipinski definition) is 2. The van der Waals surface area contributed by atoms with Crippen LogP contribution in [-0.4, -0.2) is 41.6 Å². The minimum Gasteiger partial charge on any atom is -0.421 e. The third-order valence-corrected chi connectivity index (χ3v) is 3.19. The Morgan fingerprint density at radius 3 is 1.82 bits per heavy atom. The Morgan fingerprint density at radius 2 is 1.73 bits per heavy atom. The number of rotatable bonds is 5. The van der Waals surface area contributed by atoms with Gasteiger partial charge in [-0.15, -0.1) is 0 Å². The molecule has 0 bridgehead atoms. The SMILES string of the molecule is CCC(CC)(CN(C)C)O[SiH3]. The van der Waals surface area contributed by atoms with Crippen LogP contribution in [0, 0.1) is 0 Å². The molecule has 0 N–H and O–H groups in total. The second kappa shape index (κ2) is 4.90. The molecule has 0 aliphatic carbocycles. The smallest absolute Gasteiger partial charge is 0.146 e. The summed E-state index contributed by atoms with van der Waals surface area (Å²) in [6, 6.07) is 0. The van der Waals surface area contributed by atoms with Gasteiger partial charge in [-0.25, -0.2) is 0 Å². The molecule has 0 rings (SSSR count). The van der Waals surface area contributed by atoms with Crippen LogP contribution in [0.4, 0.5) is 0 Å². The zero-order valence-corrected chi connectivity index (χ0v) is 10.5. The topological polar surface area (TPSA) is 12.5 Å². The van der Waals surface area contributed by atoms with E-state index in [0.29, 0.717) is 0 Å². The predicted octanol–water partition coefficient (Wildman–Crippen LogP) is 0.404. The first-order chi connectivity index (χ1) is 5.10. The molecule has 0 unspecified atom stereocenters. The maximum absolute atomic E-state index is 5.64. The number of likely N-dealkylation sites (N-methyl/N-ethyl adjacent to an activating group) is 1. The monoisotopic (exact) mass is 175 g/mol. The molecule has 0 fully saturated rings. The van der Waals surface area contributed by atoms with Crippen molar-refractivity contribution >= 4 is 10.5 Å². The lowest BCUT2D eigenvalue weighted by molar-refractivity contribution is 0.0426. The second-order valence-electron chi connectivity index (χ2n) is 3.33. The van der Waals surface area contributed by atoms with Crippen LogP contribution >= 0.6 is 0 Å². The van der Waals surface area contributed by atoms with Crippen LogP contribution in [0.2, 0.25) is 0 Å². The highest BCUT2D eigenvalue weighted by Crippen LogP contribution is 2.19. The Bertz CT molecular complexity index is 94.0. The molecule has 0 amide bonds. The summed E-state index contributed by atoms with van der Waals surface area (Å²) in [4.78, 5) is 2.20. The van der Waals surface area contributed by atoms with Crippen LogP contribution in [0.5, 0.6) is 0 Å². The Balaban J connectivity index is 4.05. The fourth-order valence-electron chi connectivity index (χ4n) is 1.40. The predicted molar refractivity (Wildman–Crippen MR) is 52.9 cm³/mol. The molecule has 11 heavy (non-hydrogen) atoms. The fourth-order valence-corrected chi connectivity index (χ4v) is 2.11. The van der Waals surface area contributed by atoms with Gasteiger partial charge in [-0.3, -0.25) is 0 Å². The third-order valence-electron chi connectivity index (χ3n) is 2.33. The summed E-state index contributed by atoms with van der Waals surface area (Å²) in [6.07, 6.45) is 2.23. The van der Waals surface area contributed by atoms with E-state index in [-0.39, 0.29) is 5.60 Å². The van der Waals surface area contributed by atoms with Gasteiger partial charge >= 0.3 is 0 Å². The van der Waals surface area contributed by atoms with Gasteiger partial charge in [0, 0.05) is 6.54 Å². The molecule has 0 aromatic rings. The standard InChI is InChI=1S/C8H21NOSi/c1-5-8(6-2,10-11)7-9(3)4/h5-7H2,1-4,11H3. The summed E-state index contributed by atoms with van der Waals surface area (Å²) in [7, 11) is 5.04. The zero-order valence-electron chi connectivity index (χ0n) is 8.48. The van der Waals surface area contributed by atoms with Crippen molar-refractivity contribution in [1.29, 1.82) is 0 Å². The number of nitrogens with zero attached hydrogens (tertiary/aromatic N) is 1. The van der Waals surface area contributed by atoms with E-state index in [1.807, 2.05) is 0 Å². The van der Waals surface area contributed by atoms with Crippen LogP contribution in [0.1, 0.15) is 26.7 Å². The van der Waals surface area contributed by atoms with Gasteiger partial charge in [-0.1, -0.05) is 13.8 Å². The summed E-state index contributed by atoms with van der Waals surface area (Å²) < 4.78 is 5.64. The fraction of sp³-hybridized carbons (Fsp3) is 1.00. The molecule has 0 heterocycles. The van der Waals surface area contributed by atoms with Crippen molar-refractivity contribution in [2.45, 2.75) is 32.3 Å². The van der Waals surface area contributed by atoms with Gasteiger partial charge in [0.2, 0.25) is 0 Å². The zero-order chi connectivity index (χ0) is 8.91. The molecule has 2 nitrogen and oxygen atoms in total. The van der Waals surface area contributed by atoms with Crippen LogP contribution in [0.25, 0.3) is 0 Å². The Labute approximate surface area is 73.5 Å². The maximum atomic E-state index is 5.64. The Hall–Kier alpha value is 0.137. The third kappa shape index (κ3) is 3.36. The Kier molecular flexibility index (Phi) is 4.96. The molecule has 0 saturated carbocycles. The summed E-state index contributed by atoms with van der Waals surface area (Å²) in [5.41, 5.74) is 0.135. The van der Waals surface area contributed by atoms with E-state index in [1.54, 1.807) is 0 Å². The average molecular weight is 175 g/mol. The lowest BCUT2D eigenvalue weighted by Crippen LogP contribution is -2.41. The highest BCUT2D eigenvalue weighted by molar-refractivity contribution is 5.98. The summed E-state index contributed by atoms with van der Waals surface area (Å²) in [5.74, 6) is 0. The van der Waals surface area contributed by atoms with Crippen molar-refractivity contribution < 1.29 is 4.43 Å². The lowest BCUT2D eigenvalue weighted by Gasteiger charge is -2.33. The molecule has 68 valence electrons. The minimum absolute atomic E-state index is 0.135. The molecule has 0 spiro atoms. The molecule has 0 aliphatic rings. The first-order valence-corrected chi connectivity index (χ1v) is 5.11. The summed E-state index contributed by atoms with van der Waals surface area (Å²) >= 11 is 0. The number of hydrogen-bond donors (Lipinski definition) is 0. The van der Waals surface area contributed by atoms with Crippen LogP contribution in [0.15, 0.2) is 0 Å². The molecule has 0 atom stereocenters. The molecule has 0 aromatic carbocycles. The average Bonchev–Trinajstić information content (AvgIpc) is 2.00. The van der Waals surface area contributed by atoms with Crippen LogP contribution < -0.4 is 0 Å². The first-order valence-electron chi connectivity index (χ1n) is 4.30. The van der Waals surface area contributed by atoms with E-state index in [4.69, 9.17) is 4.43 Å². The van der Waals surface area contributed by atoms with Crippen molar-refractivity contribution in [1.82, 2.24) is 4.90 Å². The molecule has 3 heteroatoms. The van der Waals surface area contributed by atoms with Gasteiger partial charge in [0.15, 0.2) is 0 Å². The van der Waals surface area contributed by atoms with Gasteiger partial charge in [-0.2, -0.15) is 0 Å². The normalized spacial score (nSPS) is 12.8. The van der Waals surface area contributed by atoms with E-state index >= 15 is 0 Å². The highest BCUT2D eigenvalue weighted by Gasteiger charge is 2.24. The summed E-state index contributed by atoms with van der Waals surface area (Å²) in [6.45, 7) is 5.44. The quantitative estimate of drug-likeness (QED) is 0.561. The second-order valence-corrected chi connectivity index (χ2v) is 3.74. The van der Waals surface area contributed by atoms with Crippen molar-refractivity contribution in [2.75, 3.05) is 20.6 Å². The van der Waals surface area contributed by atoms with Gasteiger partial charge in [0.1, 0.15) is 10.5 Å². The first kappa shape index (κ1) is 11.1. The van der Waals surface area contributed by atoms with Crippen molar-refractivity contribution in [3.63, 3.8) is 0 Å². The van der Waals surface area contributed by atoms with Gasteiger partial charge in [0.05, 0.1) is 5.60 Å². The molecule has 0 aliphatic heterocycles. The van der Waals surface area contributed by atoms with Crippen molar-refractivity contribution in [3.8, 4) is 0 Å². The molecule has 0 aromatic heterocycles. The highest BCUT2D eigenvalue weighted by atomic mass is 28.2. The molecular formula is C8H21NOSi.